The quantitative estimate of drug-likeness (QED) is 0.755. The van der Waals surface area contributed by atoms with Crippen molar-refractivity contribution in [2.45, 2.75) is 19.8 Å². The largest absolute Gasteiger partial charge is 0.492 e. The van der Waals surface area contributed by atoms with Gasteiger partial charge in [-0.05, 0) is 51.1 Å². The molecule has 0 bridgehead atoms. The molecule has 84 valence electrons. The zero-order valence-corrected chi connectivity index (χ0v) is 10.1. The van der Waals surface area contributed by atoms with Crippen LogP contribution >= 0.6 is 11.6 Å². The number of benzene rings is 1. The van der Waals surface area contributed by atoms with Gasteiger partial charge in [-0.2, -0.15) is 0 Å². The molecule has 1 aromatic rings. The summed E-state index contributed by atoms with van der Waals surface area (Å²) < 4.78 is 5.37. The SMILES string of the molecule is CCOc1ccc(CCCNC)cc1Cl. The number of rotatable bonds is 6. The molecule has 0 heterocycles. The van der Waals surface area contributed by atoms with Crippen molar-refractivity contribution >= 4 is 11.6 Å². The van der Waals surface area contributed by atoms with Gasteiger partial charge in [0, 0.05) is 0 Å². The van der Waals surface area contributed by atoms with E-state index in [0.29, 0.717) is 11.6 Å². The van der Waals surface area contributed by atoms with Crippen LogP contribution in [-0.4, -0.2) is 20.2 Å². The monoisotopic (exact) mass is 227 g/mol. The highest BCUT2D eigenvalue weighted by Crippen LogP contribution is 2.25. The van der Waals surface area contributed by atoms with Crippen LogP contribution in [0.5, 0.6) is 5.75 Å². The topological polar surface area (TPSA) is 21.3 Å². The van der Waals surface area contributed by atoms with Crippen LogP contribution in [0.2, 0.25) is 5.02 Å². The van der Waals surface area contributed by atoms with E-state index in [2.05, 4.69) is 11.4 Å². The highest BCUT2D eigenvalue weighted by molar-refractivity contribution is 6.32. The zero-order chi connectivity index (χ0) is 11.1. The summed E-state index contributed by atoms with van der Waals surface area (Å²) in [7, 11) is 1.96. The summed E-state index contributed by atoms with van der Waals surface area (Å²) in [6.07, 6.45) is 2.17. The second-order valence-corrected chi connectivity index (χ2v) is 3.81. The molecule has 1 rings (SSSR count). The van der Waals surface area contributed by atoms with E-state index in [1.807, 2.05) is 26.1 Å². The minimum Gasteiger partial charge on any atom is -0.492 e. The molecule has 0 amide bonds. The molecule has 3 heteroatoms. The fourth-order valence-electron chi connectivity index (χ4n) is 1.44. The second-order valence-electron chi connectivity index (χ2n) is 3.40. The first-order valence-electron chi connectivity index (χ1n) is 5.33. The summed E-state index contributed by atoms with van der Waals surface area (Å²) in [6.45, 7) is 3.64. The molecule has 2 nitrogen and oxygen atoms in total. The summed E-state index contributed by atoms with van der Waals surface area (Å²) in [4.78, 5) is 0. The maximum absolute atomic E-state index is 6.08. The fraction of sp³-hybridized carbons (Fsp3) is 0.500. The summed E-state index contributed by atoms with van der Waals surface area (Å²) in [5.74, 6) is 0.775. The molecular weight excluding hydrogens is 210 g/mol. The maximum atomic E-state index is 6.08. The van der Waals surface area contributed by atoms with Gasteiger partial charge in [0.25, 0.3) is 0 Å². The van der Waals surface area contributed by atoms with E-state index in [-0.39, 0.29) is 0 Å². The number of halogens is 1. The van der Waals surface area contributed by atoms with Crippen molar-refractivity contribution in [2.24, 2.45) is 0 Å². The smallest absolute Gasteiger partial charge is 0.137 e. The van der Waals surface area contributed by atoms with Crippen LogP contribution in [0.4, 0.5) is 0 Å². The average molecular weight is 228 g/mol. The Hall–Kier alpha value is -0.730. The zero-order valence-electron chi connectivity index (χ0n) is 9.35. The van der Waals surface area contributed by atoms with Crippen molar-refractivity contribution in [1.29, 1.82) is 0 Å². The van der Waals surface area contributed by atoms with Gasteiger partial charge in [0.15, 0.2) is 0 Å². The lowest BCUT2D eigenvalue weighted by Crippen LogP contribution is -2.08. The average Bonchev–Trinajstić information content (AvgIpc) is 2.23. The Kier molecular flexibility index (Phi) is 5.51. The van der Waals surface area contributed by atoms with Crippen LogP contribution in [0.25, 0.3) is 0 Å². The van der Waals surface area contributed by atoms with Crippen molar-refractivity contribution in [1.82, 2.24) is 5.32 Å². The molecule has 0 aliphatic carbocycles. The molecule has 0 fully saturated rings. The Morgan fingerprint density at radius 1 is 1.40 bits per heavy atom. The Labute approximate surface area is 96.6 Å². The molecule has 0 saturated heterocycles. The van der Waals surface area contributed by atoms with E-state index in [4.69, 9.17) is 16.3 Å². The predicted octanol–water partition coefficient (Wildman–Crippen LogP) is 2.89. The molecule has 0 radical (unpaired) electrons. The summed E-state index contributed by atoms with van der Waals surface area (Å²) in [5.41, 5.74) is 1.26. The summed E-state index contributed by atoms with van der Waals surface area (Å²) >= 11 is 6.08. The van der Waals surface area contributed by atoms with E-state index in [1.54, 1.807) is 0 Å². The van der Waals surface area contributed by atoms with Gasteiger partial charge in [-0.25, -0.2) is 0 Å². The normalized spacial score (nSPS) is 10.3. The van der Waals surface area contributed by atoms with Gasteiger partial charge in [0.05, 0.1) is 11.6 Å². The Morgan fingerprint density at radius 3 is 2.80 bits per heavy atom. The van der Waals surface area contributed by atoms with Crippen molar-refractivity contribution in [2.75, 3.05) is 20.2 Å². The lowest BCUT2D eigenvalue weighted by Gasteiger charge is -2.07. The number of hydrogen-bond acceptors (Lipinski definition) is 2. The van der Waals surface area contributed by atoms with Gasteiger partial charge in [-0.1, -0.05) is 17.7 Å². The van der Waals surface area contributed by atoms with E-state index in [1.165, 1.54) is 5.56 Å². The Bertz CT molecular complexity index is 302. The number of nitrogens with one attached hydrogen (secondary N) is 1. The van der Waals surface area contributed by atoms with E-state index in [9.17, 15) is 0 Å². The number of hydrogen-bond donors (Lipinski definition) is 1. The van der Waals surface area contributed by atoms with Gasteiger partial charge >= 0.3 is 0 Å². The molecular formula is C12H18ClNO. The van der Waals surface area contributed by atoms with Gasteiger partial charge < -0.3 is 10.1 Å². The molecule has 1 N–H and O–H groups in total. The van der Waals surface area contributed by atoms with Crippen LogP contribution in [0, 0.1) is 0 Å². The lowest BCUT2D eigenvalue weighted by molar-refractivity contribution is 0.340. The van der Waals surface area contributed by atoms with Crippen molar-refractivity contribution in [3.63, 3.8) is 0 Å². The van der Waals surface area contributed by atoms with Crippen molar-refractivity contribution < 1.29 is 4.74 Å². The predicted molar refractivity (Wildman–Crippen MR) is 64.9 cm³/mol. The lowest BCUT2D eigenvalue weighted by atomic mass is 10.1. The molecule has 0 aliphatic rings. The minimum atomic E-state index is 0.652. The molecule has 0 unspecified atom stereocenters. The molecule has 0 saturated carbocycles. The van der Waals surface area contributed by atoms with Crippen LogP contribution in [0.1, 0.15) is 18.9 Å². The minimum absolute atomic E-state index is 0.652. The third-order valence-corrected chi connectivity index (χ3v) is 2.48. The third kappa shape index (κ3) is 4.10. The number of aryl methyl sites for hydroxylation is 1. The second kappa shape index (κ2) is 6.70. The molecule has 1 aromatic carbocycles. The maximum Gasteiger partial charge on any atom is 0.137 e. The first-order chi connectivity index (χ1) is 7.27. The van der Waals surface area contributed by atoms with Crippen LogP contribution < -0.4 is 10.1 Å². The van der Waals surface area contributed by atoms with E-state index >= 15 is 0 Å². The van der Waals surface area contributed by atoms with Gasteiger partial charge in [-0.3, -0.25) is 0 Å². The van der Waals surface area contributed by atoms with E-state index < -0.39 is 0 Å². The summed E-state index contributed by atoms with van der Waals surface area (Å²) in [6, 6.07) is 6.01. The molecule has 0 spiro atoms. The molecule has 0 aromatic heterocycles. The van der Waals surface area contributed by atoms with Crippen molar-refractivity contribution in [3.8, 4) is 5.75 Å². The van der Waals surface area contributed by atoms with E-state index in [0.717, 1.165) is 25.1 Å². The fourth-order valence-corrected chi connectivity index (χ4v) is 1.70. The molecule has 0 aliphatic heterocycles. The first kappa shape index (κ1) is 12.3. The molecule has 15 heavy (non-hydrogen) atoms. The van der Waals surface area contributed by atoms with Crippen LogP contribution in [0.3, 0.4) is 0 Å². The van der Waals surface area contributed by atoms with Crippen molar-refractivity contribution in [3.05, 3.63) is 28.8 Å². The van der Waals surface area contributed by atoms with Gasteiger partial charge in [-0.15, -0.1) is 0 Å². The Morgan fingerprint density at radius 2 is 2.20 bits per heavy atom. The molecule has 0 atom stereocenters. The first-order valence-corrected chi connectivity index (χ1v) is 5.71. The van der Waals surface area contributed by atoms with Crippen LogP contribution in [0.15, 0.2) is 18.2 Å². The van der Waals surface area contributed by atoms with Gasteiger partial charge in [0.1, 0.15) is 5.75 Å². The number of ether oxygens (including phenoxy) is 1. The highest BCUT2D eigenvalue weighted by Gasteiger charge is 2.02. The third-order valence-electron chi connectivity index (χ3n) is 2.19. The van der Waals surface area contributed by atoms with Gasteiger partial charge in [0.2, 0.25) is 0 Å². The highest BCUT2D eigenvalue weighted by atomic mass is 35.5. The standard InChI is InChI=1S/C12H18ClNO/c1-3-15-12-7-6-10(9-11(12)13)5-4-8-14-2/h6-7,9,14H,3-5,8H2,1-2H3. The summed E-state index contributed by atoms with van der Waals surface area (Å²) in [5, 5.41) is 3.83. The van der Waals surface area contributed by atoms with Crippen LogP contribution in [-0.2, 0) is 6.42 Å². The Balaban J connectivity index is 2.56.